The fourth-order valence-corrected chi connectivity index (χ4v) is 5.26. The molecular weight excluding hydrogens is 617 g/mol. The van der Waals surface area contributed by atoms with Gasteiger partial charge in [-0.2, -0.15) is 5.10 Å². The van der Waals surface area contributed by atoms with Crippen molar-refractivity contribution in [3.05, 3.63) is 102 Å². The number of rotatable bonds is 4. The van der Waals surface area contributed by atoms with Crippen molar-refractivity contribution in [2.45, 2.75) is 51.9 Å². The predicted octanol–water partition coefficient (Wildman–Crippen LogP) is 2.95. The molecule has 0 saturated heterocycles. The number of aromatic nitrogens is 3. The summed E-state index contributed by atoms with van der Waals surface area (Å²) in [5.41, 5.74) is 1.21. The van der Waals surface area contributed by atoms with E-state index in [9.17, 15) is 23.6 Å². The van der Waals surface area contributed by atoms with Crippen LogP contribution in [0.3, 0.4) is 0 Å². The first-order valence-corrected chi connectivity index (χ1v) is 15.7. The number of carbonyl (C=O) groups excluding carboxylic acids is 4. The summed E-state index contributed by atoms with van der Waals surface area (Å²) in [5, 5.41) is 15.7. The Morgan fingerprint density at radius 3 is 2.38 bits per heavy atom. The smallest absolute Gasteiger partial charge is 0.254 e. The Morgan fingerprint density at radius 1 is 0.958 bits per heavy atom. The number of halogens is 1. The molecule has 13 heteroatoms. The van der Waals surface area contributed by atoms with Crippen LogP contribution < -0.4 is 26.0 Å². The molecule has 4 N–H and O–H groups in total. The molecule has 3 aromatic carbocycles. The number of hydrogen-bond donors (Lipinski definition) is 4. The second-order valence-electron chi connectivity index (χ2n) is 11.8. The summed E-state index contributed by atoms with van der Waals surface area (Å²) in [4.78, 5) is 58.2. The highest BCUT2D eigenvalue weighted by molar-refractivity contribution is 5.98. The lowest BCUT2D eigenvalue weighted by Crippen LogP contribution is -2.56. The van der Waals surface area contributed by atoms with E-state index < -0.39 is 41.7 Å². The van der Waals surface area contributed by atoms with E-state index in [2.05, 4.69) is 31.3 Å². The van der Waals surface area contributed by atoms with E-state index in [1.54, 1.807) is 45.0 Å². The summed E-state index contributed by atoms with van der Waals surface area (Å²) in [6.45, 7) is 5.53. The molecule has 0 unspecified atom stereocenters. The molecule has 0 fully saturated rings. The van der Waals surface area contributed by atoms with Gasteiger partial charge in [-0.25, -0.2) is 14.1 Å². The number of nitrogens with one attached hydrogen (secondary N) is 4. The zero-order chi connectivity index (χ0) is 34.2. The van der Waals surface area contributed by atoms with Gasteiger partial charge in [0.05, 0.1) is 18.2 Å². The van der Waals surface area contributed by atoms with Gasteiger partial charge < -0.3 is 26.0 Å². The van der Waals surface area contributed by atoms with Crippen LogP contribution in [-0.4, -0.2) is 63.6 Å². The van der Waals surface area contributed by atoms with Crippen molar-refractivity contribution in [3.8, 4) is 17.1 Å². The summed E-state index contributed by atoms with van der Waals surface area (Å²) in [5.74, 6) is -2.03. The molecule has 6 rings (SSSR count). The van der Waals surface area contributed by atoms with Gasteiger partial charge in [0.1, 0.15) is 42.6 Å². The Labute approximate surface area is 277 Å². The van der Waals surface area contributed by atoms with Crippen LogP contribution in [0.15, 0.2) is 78.9 Å². The number of fused-ring (bicyclic) bond motifs is 14. The van der Waals surface area contributed by atoms with Gasteiger partial charge in [0, 0.05) is 12.0 Å². The Hall–Kier alpha value is -5.59. The van der Waals surface area contributed by atoms with Crippen LogP contribution in [0.2, 0.25) is 0 Å². The average molecular weight is 656 g/mol. The van der Waals surface area contributed by atoms with Gasteiger partial charge in [-0.05, 0) is 42.7 Å². The topological polar surface area (TPSA) is 156 Å². The summed E-state index contributed by atoms with van der Waals surface area (Å²) < 4.78 is 21.7. The fourth-order valence-electron chi connectivity index (χ4n) is 5.26. The Balaban J connectivity index is 1.46. The van der Waals surface area contributed by atoms with Crippen LogP contribution in [0.1, 0.15) is 48.6 Å². The van der Waals surface area contributed by atoms with Crippen molar-refractivity contribution in [2.75, 3.05) is 13.2 Å². The third kappa shape index (κ3) is 8.41. The molecule has 3 atom stereocenters. The molecule has 4 amide bonds. The standard InChI is InChI=1S/C35H38FN7O5/c1-21(2)30-35(47)38-22(3)32-41-31(24-9-5-4-6-10-24)42-43(32)20-29(44)37-17-18-48-25-15-13-23(14-16-25)19-28(34(46)40-30)39-33(45)26-11-7-8-12-27(26)36/h4-16,21-22,28,30H,17-20H2,1-3H3,(H,37,44)(H,38,47)(H,39,45)(H,40,46)/t22-,28-,30+/m0/s1. The van der Waals surface area contributed by atoms with E-state index >= 15 is 0 Å². The van der Waals surface area contributed by atoms with E-state index in [-0.39, 0.29) is 43.5 Å². The lowest BCUT2D eigenvalue weighted by Gasteiger charge is -2.27. The zero-order valence-electron chi connectivity index (χ0n) is 26.9. The number of benzene rings is 3. The fraction of sp³-hybridized carbons (Fsp3) is 0.314. The van der Waals surface area contributed by atoms with Crippen LogP contribution in [0.4, 0.5) is 4.39 Å². The molecule has 250 valence electrons. The molecule has 0 radical (unpaired) electrons. The number of carbonyl (C=O) groups is 4. The van der Waals surface area contributed by atoms with E-state index in [0.717, 1.165) is 11.6 Å². The minimum absolute atomic E-state index is 0.0522. The van der Waals surface area contributed by atoms with Gasteiger partial charge in [-0.15, -0.1) is 0 Å². The quantitative estimate of drug-likeness (QED) is 0.264. The maximum atomic E-state index is 14.5. The first-order chi connectivity index (χ1) is 23.1. The molecule has 0 spiro atoms. The normalized spacial score (nSPS) is 19.4. The van der Waals surface area contributed by atoms with Crippen LogP contribution in [0, 0.1) is 11.7 Å². The minimum Gasteiger partial charge on any atom is -0.492 e. The molecule has 1 aromatic heterocycles. The van der Waals surface area contributed by atoms with Crippen molar-refractivity contribution >= 4 is 23.6 Å². The minimum atomic E-state index is -1.15. The molecule has 2 aliphatic rings. The van der Waals surface area contributed by atoms with Crippen LogP contribution in [0.25, 0.3) is 11.4 Å². The Kier molecular flexibility index (Phi) is 10.8. The number of amides is 4. The van der Waals surface area contributed by atoms with Crippen molar-refractivity contribution in [3.63, 3.8) is 0 Å². The molecule has 48 heavy (non-hydrogen) atoms. The molecular formula is C35H38FN7O5. The van der Waals surface area contributed by atoms with Gasteiger partial charge in [0.15, 0.2) is 5.82 Å². The first-order valence-electron chi connectivity index (χ1n) is 15.7. The first kappa shape index (κ1) is 33.8. The van der Waals surface area contributed by atoms with Gasteiger partial charge in [0.25, 0.3) is 5.91 Å². The molecule has 3 heterocycles. The van der Waals surface area contributed by atoms with Gasteiger partial charge in [-0.1, -0.05) is 68.4 Å². The van der Waals surface area contributed by atoms with Crippen molar-refractivity contribution in [1.29, 1.82) is 0 Å². The number of ether oxygens (including phenoxy) is 1. The monoisotopic (exact) mass is 655 g/mol. The maximum Gasteiger partial charge on any atom is 0.254 e. The third-order valence-electron chi connectivity index (χ3n) is 7.82. The average Bonchev–Trinajstić information content (AvgIpc) is 3.49. The second-order valence-corrected chi connectivity index (χ2v) is 11.8. The van der Waals surface area contributed by atoms with Gasteiger partial charge in [-0.3, -0.25) is 19.2 Å². The summed E-state index contributed by atoms with van der Waals surface area (Å²) in [7, 11) is 0. The molecule has 0 aliphatic carbocycles. The molecule has 0 saturated carbocycles. The van der Waals surface area contributed by atoms with Crippen LogP contribution in [0.5, 0.6) is 5.75 Å². The highest BCUT2D eigenvalue weighted by Gasteiger charge is 2.31. The highest BCUT2D eigenvalue weighted by atomic mass is 19.1. The summed E-state index contributed by atoms with van der Waals surface area (Å²) in [6, 6.07) is 18.8. The number of nitrogens with zero attached hydrogens (tertiary/aromatic N) is 3. The number of hydrogen-bond acceptors (Lipinski definition) is 7. The molecule has 4 aromatic rings. The largest absolute Gasteiger partial charge is 0.492 e. The van der Waals surface area contributed by atoms with Gasteiger partial charge in [0.2, 0.25) is 17.7 Å². The van der Waals surface area contributed by atoms with E-state index in [4.69, 9.17) is 4.74 Å². The van der Waals surface area contributed by atoms with Gasteiger partial charge >= 0.3 is 0 Å². The third-order valence-corrected chi connectivity index (χ3v) is 7.82. The lowest BCUT2D eigenvalue weighted by atomic mass is 10.00. The van der Waals surface area contributed by atoms with E-state index in [0.29, 0.717) is 23.0 Å². The molecule has 2 aliphatic heterocycles. The summed E-state index contributed by atoms with van der Waals surface area (Å²) in [6.07, 6.45) is 0.0522. The maximum absolute atomic E-state index is 14.5. The Bertz CT molecular complexity index is 1760. The van der Waals surface area contributed by atoms with Crippen LogP contribution >= 0.6 is 0 Å². The molecule has 2 bridgehead atoms. The Morgan fingerprint density at radius 2 is 1.67 bits per heavy atom. The summed E-state index contributed by atoms with van der Waals surface area (Å²) >= 11 is 0. The highest BCUT2D eigenvalue weighted by Crippen LogP contribution is 2.20. The van der Waals surface area contributed by atoms with E-state index in [1.165, 1.54) is 22.9 Å². The predicted molar refractivity (Wildman–Crippen MR) is 175 cm³/mol. The van der Waals surface area contributed by atoms with Crippen molar-refractivity contribution in [1.82, 2.24) is 36.0 Å². The lowest BCUT2D eigenvalue weighted by molar-refractivity contribution is -0.131. The van der Waals surface area contributed by atoms with Crippen LogP contribution in [-0.2, 0) is 27.3 Å². The van der Waals surface area contributed by atoms with Crippen molar-refractivity contribution < 1.29 is 28.3 Å². The second kappa shape index (κ2) is 15.3. The zero-order valence-corrected chi connectivity index (χ0v) is 26.9. The molecule has 12 nitrogen and oxygen atoms in total. The SMILES string of the molecule is CC(C)[C@H]1NC(=O)[C@@H](NC(=O)c2ccccc2F)Cc2ccc(cc2)OCCNC(=O)Cn2nc(-c3ccccc3)nc2[C@H](C)NC1=O. The van der Waals surface area contributed by atoms with Crippen molar-refractivity contribution in [2.24, 2.45) is 5.92 Å². The van der Waals surface area contributed by atoms with E-state index in [1.807, 2.05) is 30.3 Å².